The number of halogens is 1. The lowest BCUT2D eigenvalue weighted by atomic mass is 9.96. The van der Waals surface area contributed by atoms with E-state index in [0.717, 1.165) is 10.5 Å². The van der Waals surface area contributed by atoms with Crippen LogP contribution >= 0.6 is 0 Å². The highest BCUT2D eigenvalue weighted by Crippen LogP contribution is 2.32. The van der Waals surface area contributed by atoms with Gasteiger partial charge in [0.05, 0.1) is 6.54 Å². The van der Waals surface area contributed by atoms with Gasteiger partial charge in [-0.3, -0.25) is 4.79 Å². The maximum Gasteiger partial charge on any atom is 0.422 e. The molecule has 5 heteroatoms. The van der Waals surface area contributed by atoms with Crippen LogP contribution < -0.4 is 0 Å². The van der Waals surface area contributed by atoms with Crippen LogP contribution in [-0.2, 0) is 16.1 Å². The molecule has 1 fully saturated rings. The van der Waals surface area contributed by atoms with Gasteiger partial charge in [0.15, 0.2) is 0 Å². The van der Waals surface area contributed by atoms with E-state index in [9.17, 15) is 14.0 Å². The van der Waals surface area contributed by atoms with E-state index in [1.807, 2.05) is 60.7 Å². The maximum absolute atomic E-state index is 13.4. The van der Waals surface area contributed by atoms with Crippen LogP contribution in [0, 0.1) is 5.82 Å². The number of nitrogens with zero attached hydrogens (tertiary/aromatic N) is 1. The first-order chi connectivity index (χ1) is 13.6. The molecule has 1 saturated heterocycles. The minimum absolute atomic E-state index is 0.0567. The van der Waals surface area contributed by atoms with Gasteiger partial charge in [0.2, 0.25) is 5.76 Å². The van der Waals surface area contributed by atoms with Gasteiger partial charge in [0.1, 0.15) is 5.82 Å². The zero-order chi connectivity index (χ0) is 19.5. The summed E-state index contributed by atoms with van der Waals surface area (Å²) in [7, 11) is 0. The van der Waals surface area contributed by atoms with Crippen LogP contribution in [0.25, 0.3) is 5.57 Å². The van der Waals surface area contributed by atoms with Gasteiger partial charge in [-0.05, 0) is 28.8 Å². The lowest BCUT2D eigenvalue weighted by molar-refractivity contribution is -0.123. The molecule has 2 amide bonds. The first kappa shape index (κ1) is 17.7. The maximum atomic E-state index is 13.4. The highest BCUT2D eigenvalue weighted by Gasteiger charge is 2.39. The van der Waals surface area contributed by atoms with Crippen molar-refractivity contribution in [2.45, 2.75) is 6.54 Å². The predicted molar refractivity (Wildman–Crippen MR) is 102 cm³/mol. The largest absolute Gasteiger partial charge is 0.422 e. The van der Waals surface area contributed by atoms with Gasteiger partial charge in [-0.2, -0.15) is 0 Å². The third kappa shape index (κ3) is 3.42. The number of carbonyl (C=O) groups is 2. The zero-order valence-electron chi connectivity index (χ0n) is 14.8. The van der Waals surface area contributed by atoms with Crippen LogP contribution in [0.4, 0.5) is 9.18 Å². The Kier molecular flexibility index (Phi) is 4.72. The molecule has 1 aliphatic heterocycles. The molecule has 0 aliphatic carbocycles. The van der Waals surface area contributed by atoms with Crippen LogP contribution in [0.3, 0.4) is 0 Å². The molecular weight excluding hydrogens is 357 g/mol. The predicted octanol–water partition coefficient (Wildman–Crippen LogP) is 4.76. The Balaban J connectivity index is 1.79. The van der Waals surface area contributed by atoms with Gasteiger partial charge < -0.3 is 4.74 Å². The summed E-state index contributed by atoms with van der Waals surface area (Å²) in [4.78, 5) is 26.5. The highest BCUT2D eigenvalue weighted by molar-refractivity contribution is 6.13. The number of hydrogen-bond donors (Lipinski definition) is 0. The summed E-state index contributed by atoms with van der Waals surface area (Å²) in [6.07, 6.45) is -0.723. The molecule has 4 rings (SSSR count). The number of ether oxygens (including phenoxy) is 1. The Morgan fingerprint density at radius 3 is 2.00 bits per heavy atom. The first-order valence-electron chi connectivity index (χ1n) is 8.77. The van der Waals surface area contributed by atoms with Crippen molar-refractivity contribution in [1.29, 1.82) is 0 Å². The molecule has 3 aromatic carbocycles. The molecule has 138 valence electrons. The summed E-state index contributed by atoms with van der Waals surface area (Å²) in [6, 6.07) is 24.1. The molecule has 0 spiro atoms. The number of imide groups is 1. The van der Waals surface area contributed by atoms with E-state index in [1.54, 1.807) is 12.1 Å². The Bertz CT molecular complexity index is 1040. The summed E-state index contributed by atoms with van der Waals surface area (Å²) in [5.41, 5.74) is 2.56. The summed E-state index contributed by atoms with van der Waals surface area (Å²) in [6.45, 7) is 0.119. The standard InChI is InChI=1S/C23H16FNO3/c24-19-13-11-18(12-14-19)20(17-9-5-2-6-10-17)21-22(26)25(23(27)28-21)15-16-7-3-1-4-8-16/h1-14H,15H2/b21-20+. The lowest BCUT2D eigenvalue weighted by Crippen LogP contribution is -2.28. The Morgan fingerprint density at radius 1 is 0.786 bits per heavy atom. The molecule has 1 heterocycles. The van der Waals surface area contributed by atoms with Crippen LogP contribution in [-0.4, -0.2) is 16.9 Å². The van der Waals surface area contributed by atoms with Crippen molar-refractivity contribution >= 4 is 17.6 Å². The molecule has 0 radical (unpaired) electrons. The van der Waals surface area contributed by atoms with Gasteiger partial charge in [-0.25, -0.2) is 14.1 Å². The van der Waals surface area contributed by atoms with Crippen LogP contribution in [0.5, 0.6) is 0 Å². The van der Waals surface area contributed by atoms with E-state index < -0.39 is 12.0 Å². The van der Waals surface area contributed by atoms with E-state index in [1.165, 1.54) is 12.1 Å². The quantitative estimate of drug-likeness (QED) is 0.619. The molecule has 0 saturated carbocycles. The van der Waals surface area contributed by atoms with E-state index >= 15 is 0 Å². The SMILES string of the molecule is O=C1O/C(=C(\c2ccccc2)c2ccc(F)cc2)C(=O)N1Cc1ccccc1. The van der Waals surface area contributed by atoms with Gasteiger partial charge >= 0.3 is 6.09 Å². The van der Waals surface area contributed by atoms with Gasteiger partial charge in [-0.15, -0.1) is 0 Å². The van der Waals surface area contributed by atoms with Crippen LogP contribution in [0.2, 0.25) is 0 Å². The zero-order valence-corrected chi connectivity index (χ0v) is 14.8. The highest BCUT2D eigenvalue weighted by atomic mass is 19.1. The molecular formula is C23H16FNO3. The Morgan fingerprint density at radius 2 is 1.36 bits per heavy atom. The third-order valence-corrected chi connectivity index (χ3v) is 4.46. The summed E-state index contributed by atoms with van der Waals surface area (Å²) in [5, 5.41) is 0. The van der Waals surface area contributed by atoms with E-state index in [4.69, 9.17) is 4.74 Å². The van der Waals surface area contributed by atoms with E-state index in [2.05, 4.69) is 0 Å². The second-order valence-corrected chi connectivity index (χ2v) is 6.32. The summed E-state index contributed by atoms with van der Waals surface area (Å²) in [5.74, 6) is -0.961. The average molecular weight is 373 g/mol. The number of amides is 2. The third-order valence-electron chi connectivity index (χ3n) is 4.46. The fourth-order valence-electron chi connectivity index (χ4n) is 3.10. The number of hydrogen-bond acceptors (Lipinski definition) is 3. The molecule has 0 unspecified atom stereocenters. The van der Waals surface area contributed by atoms with E-state index in [-0.39, 0.29) is 18.1 Å². The average Bonchev–Trinajstić information content (AvgIpc) is 2.99. The second kappa shape index (κ2) is 7.48. The molecule has 0 atom stereocenters. The molecule has 3 aromatic rings. The van der Waals surface area contributed by atoms with Gasteiger partial charge in [0.25, 0.3) is 5.91 Å². The number of carbonyl (C=O) groups excluding carboxylic acids is 2. The monoisotopic (exact) mass is 373 g/mol. The molecule has 4 nitrogen and oxygen atoms in total. The minimum Gasteiger partial charge on any atom is -0.403 e. The first-order valence-corrected chi connectivity index (χ1v) is 8.77. The normalized spacial score (nSPS) is 15.5. The van der Waals surface area contributed by atoms with Crippen molar-refractivity contribution in [3.63, 3.8) is 0 Å². The van der Waals surface area contributed by atoms with Crippen molar-refractivity contribution in [1.82, 2.24) is 4.90 Å². The number of rotatable bonds is 4. The number of benzene rings is 3. The van der Waals surface area contributed by atoms with Crippen LogP contribution in [0.1, 0.15) is 16.7 Å². The molecule has 28 heavy (non-hydrogen) atoms. The summed E-state index contributed by atoms with van der Waals surface area (Å²) >= 11 is 0. The second-order valence-electron chi connectivity index (χ2n) is 6.32. The Hall–Kier alpha value is -3.73. The lowest BCUT2D eigenvalue weighted by Gasteiger charge is -2.11. The van der Waals surface area contributed by atoms with Gasteiger partial charge in [0, 0.05) is 5.57 Å². The van der Waals surface area contributed by atoms with Crippen LogP contribution in [0.15, 0.2) is 90.7 Å². The Labute approximate surface area is 161 Å². The van der Waals surface area contributed by atoms with Crippen molar-refractivity contribution in [2.24, 2.45) is 0 Å². The minimum atomic E-state index is -0.723. The summed E-state index contributed by atoms with van der Waals surface area (Å²) < 4.78 is 18.8. The van der Waals surface area contributed by atoms with Crippen molar-refractivity contribution < 1.29 is 18.7 Å². The topological polar surface area (TPSA) is 46.6 Å². The van der Waals surface area contributed by atoms with Crippen molar-refractivity contribution in [3.05, 3.63) is 113 Å². The smallest absolute Gasteiger partial charge is 0.403 e. The fraction of sp³-hybridized carbons (Fsp3) is 0.0435. The van der Waals surface area contributed by atoms with Crippen molar-refractivity contribution in [2.75, 3.05) is 0 Å². The van der Waals surface area contributed by atoms with E-state index in [0.29, 0.717) is 16.7 Å². The van der Waals surface area contributed by atoms with Crippen molar-refractivity contribution in [3.8, 4) is 0 Å². The molecule has 0 bridgehead atoms. The molecule has 0 N–H and O–H groups in total. The fourth-order valence-corrected chi connectivity index (χ4v) is 3.10. The number of cyclic esters (lactones) is 1. The van der Waals surface area contributed by atoms with Gasteiger partial charge in [-0.1, -0.05) is 72.8 Å². The molecule has 1 aliphatic rings. The molecule has 0 aromatic heterocycles.